The number of methoxy groups -OCH3 is 2. The predicted octanol–water partition coefficient (Wildman–Crippen LogP) is 7.05. The molecular weight excluding hydrogens is 646 g/mol. The number of ether oxygens (including phenoxy) is 4. The van der Waals surface area contributed by atoms with E-state index in [2.05, 4.69) is 10.3 Å². The Labute approximate surface area is 297 Å². The van der Waals surface area contributed by atoms with Crippen molar-refractivity contribution in [1.82, 2.24) is 9.88 Å². The van der Waals surface area contributed by atoms with Crippen molar-refractivity contribution in [2.24, 2.45) is 10.4 Å². The van der Waals surface area contributed by atoms with E-state index in [1.807, 2.05) is 65.4 Å². The van der Waals surface area contributed by atoms with Crippen LogP contribution >= 0.6 is 0 Å². The summed E-state index contributed by atoms with van der Waals surface area (Å²) in [6.45, 7) is 4.38. The molecule has 1 saturated carbocycles. The van der Waals surface area contributed by atoms with Gasteiger partial charge in [0.25, 0.3) is 11.8 Å². The highest BCUT2D eigenvalue weighted by Crippen LogP contribution is 2.55. The molecule has 11 nitrogen and oxygen atoms in total. The number of rotatable bonds is 11. The Morgan fingerprint density at radius 2 is 1.59 bits per heavy atom. The van der Waals surface area contributed by atoms with Crippen molar-refractivity contribution in [3.8, 4) is 23.0 Å². The Morgan fingerprint density at radius 3 is 2.33 bits per heavy atom. The SMILES string of the molecule is COc1cc2c(cc1OCCCCCOc1cc3c(cc1OC)C(=O)N(c1ccnc4ccccc14)[C@@H](C)CN3)N=C[C@@H]1CC3(CC3)CN1C2=O. The number of hydrogen-bond acceptors (Lipinski definition) is 9. The van der Waals surface area contributed by atoms with Gasteiger partial charge in [0.1, 0.15) is 0 Å². The van der Waals surface area contributed by atoms with E-state index in [9.17, 15) is 9.59 Å². The van der Waals surface area contributed by atoms with E-state index in [1.54, 1.807) is 32.5 Å². The van der Waals surface area contributed by atoms with Crippen LogP contribution in [0.2, 0.25) is 0 Å². The van der Waals surface area contributed by atoms with E-state index in [0.29, 0.717) is 70.7 Å². The van der Waals surface area contributed by atoms with E-state index >= 15 is 0 Å². The smallest absolute Gasteiger partial charge is 0.260 e. The van der Waals surface area contributed by atoms with E-state index in [4.69, 9.17) is 23.9 Å². The van der Waals surface area contributed by atoms with Gasteiger partial charge in [0.15, 0.2) is 23.0 Å². The third kappa shape index (κ3) is 6.19. The molecule has 1 N–H and O–H groups in total. The molecule has 4 heterocycles. The lowest BCUT2D eigenvalue weighted by molar-refractivity contribution is 0.0767. The number of aromatic nitrogens is 1. The summed E-state index contributed by atoms with van der Waals surface area (Å²) in [5.74, 6) is 2.12. The molecular formula is C40H43N5O6. The predicted molar refractivity (Wildman–Crippen MR) is 197 cm³/mol. The summed E-state index contributed by atoms with van der Waals surface area (Å²) in [6.07, 6.45) is 9.55. The number of para-hydroxylation sites is 1. The summed E-state index contributed by atoms with van der Waals surface area (Å²) in [5, 5.41) is 4.38. The van der Waals surface area contributed by atoms with Gasteiger partial charge < -0.3 is 34.1 Å². The molecule has 0 unspecified atom stereocenters. The Hall–Kier alpha value is -5.32. The first-order chi connectivity index (χ1) is 24.9. The van der Waals surface area contributed by atoms with E-state index in [0.717, 1.165) is 48.8 Å². The van der Waals surface area contributed by atoms with E-state index in [-0.39, 0.29) is 23.9 Å². The number of benzene rings is 3. The maximum atomic E-state index is 14.1. The number of amides is 2. The lowest BCUT2D eigenvalue weighted by atomic mass is 10.0. The standard InChI is InChI=1S/C40H43N5O6/c1-25-22-42-32-20-37(35(49-3)18-29(32)39(47)45(25)33-11-14-41-30-10-6-5-9-27(30)33)51-16-8-4-7-15-50-36-19-31-28(17-34(36)48-2)38(46)44-24-40(12-13-40)21-26(44)23-43-31/h5-6,9-11,14,17-20,23,25-26,42H,4,7-8,12-13,15-16,21-22,24H2,1-3H3/t25-,26-/m0/s1. The van der Waals surface area contributed by atoms with Gasteiger partial charge in [0, 0.05) is 43.0 Å². The van der Waals surface area contributed by atoms with E-state index in [1.165, 1.54) is 12.8 Å². The first-order valence-electron chi connectivity index (χ1n) is 17.8. The number of aliphatic imine (C=N–C) groups is 1. The molecule has 1 saturated heterocycles. The summed E-state index contributed by atoms with van der Waals surface area (Å²) < 4.78 is 23.6. The zero-order chi connectivity index (χ0) is 35.1. The first-order valence-corrected chi connectivity index (χ1v) is 17.8. The minimum Gasteiger partial charge on any atom is -0.493 e. The molecule has 1 aliphatic carbocycles. The van der Waals surface area contributed by atoms with Gasteiger partial charge in [-0.2, -0.15) is 0 Å². The minimum atomic E-state index is -0.111. The maximum absolute atomic E-state index is 14.1. The van der Waals surface area contributed by atoms with Crippen molar-refractivity contribution in [1.29, 1.82) is 0 Å². The normalized spacial score (nSPS) is 19.9. The maximum Gasteiger partial charge on any atom is 0.260 e. The number of pyridine rings is 1. The van der Waals surface area contributed by atoms with Crippen LogP contribution in [0.25, 0.3) is 10.9 Å². The highest BCUT2D eigenvalue weighted by molar-refractivity contribution is 6.14. The molecule has 0 bridgehead atoms. The van der Waals surface area contributed by atoms with Crippen LogP contribution in [0, 0.1) is 5.41 Å². The molecule has 1 spiro atoms. The first kappa shape index (κ1) is 32.9. The molecule has 264 valence electrons. The van der Waals surface area contributed by atoms with Gasteiger partial charge in [-0.15, -0.1) is 0 Å². The van der Waals surface area contributed by atoms with Crippen LogP contribution < -0.4 is 29.2 Å². The topological polar surface area (TPSA) is 115 Å². The van der Waals surface area contributed by atoms with Crippen molar-refractivity contribution >= 4 is 46.0 Å². The number of carbonyl (C=O) groups is 2. The Morgan fingerprint density at radius 1 is 0.863 bits per heavy atom. The lowest BCUT2D eigenvalue weighted by Gasteiger charge is -2.28. The van der Waals surface area contributed by atoms with Crippen molar-refractivity contribution in [2.75, 3.05) is 50.7 Å². The number of anilines is 2. The largest absolute Gasteiger partial charge is 0.493 e. The highest BCUT2D eigenvalue weighted by Gasteiger charge is 2.53. The van der Waals surface area contributed by atoms with Crippen LogP contribution in [0.1, 0.15) is 66.2 Å². The molecule has 1 aromatic heterocycles. The van der Waals surface area contributed by atoms with Crippen LogP contribution in [-0.4, -0.2) is 80.5 Å². The fourth-order valence-electron chi connectivity index (χ4n) is 7.63. The molecule has 2 atom stereocenters. The second kappa shape index (κ2) is 13.4. The summed E-state index contributed by atoms with van der Waals surface area (Å²) in [6, 6.07) is 16.9. The van der Waals surface area contributed by atoms with Crippen LogP contribution in [0.5, 0.6) is 23.0 Å². The zero-order valence-corrected chi connectivity index (χ0v) is 29.3. The number of nitrogens with one attached hydrogen (secondary N) is 1. The third-order valence-electron chi connectivity index (χ3n) is 10.6. The molecule has 2 amide bonds. The zero-order valence-electron chi connectivity index (χ0n) is 29.3. The molecule has 2 fully saturated rings. The van der Waals surface area contributed by atoms with Crippen LogP contribution in [-0.2, 0) is 0 Å². The number of nitrogens with zero attached hydrogens (tertiary/aromatic N) is 4. The van der Waals surface area contributed by atoms with Crippen molar-refractivity contribution in [3.05, 3.63) is 71.9 Å². The molecule has 4 aliphatic rings. The fourth-order valence-corrected chi connectivity index (χ4v) is 7.63. The van der Waals surface area contributed by atoms with Gasteiger partial charge >= 0.3 is 0 Å². The van der Waals surface area contributed by atoms with Crippen LogP contribution in [0.3, 0.4) is 0 Å². The quantitative estimate of drug-likeness (QED) is 0.167. The third-order valence-corrected chi connectivity index (χ3v) is 10.6. The monoisotopic (exact) mass is 689 g/mol. The van der Waals surface area contributed by atoms with Crippen molar-refractivity contribution in [2.45, 2.75) is 57.5 Å². The molecule has 3 aliphatic heterocycles. The number of carbonyl (C=O) groups excluding carboxylic acids is 2. The Bertz CT molecular complexity index is 2020. The average molecular weight is 690 g/mol. The molecule has 3 aromatic carbocycles. The van der Waals surface area contributed by atoms with Gasteiger partial charge in [0.05, 0.1) is 73.2 Å². The number of fused-ring (bicyclic) bond motifs is 4. The molecule has 11 heteroatoms. The molecule has 8 rings (SSSR count). The Balaban J connectivity index is 0.875. The average Bonchev–Trinajstić information content (AvgIpc) is 3.86. The van der Waals surface area contributed by atoms with Gasteiger partial charge in [0.2, 0.25) is 0 Å². The summed E-state index contributed by atoms with van der Waals surface area (Å²) in [7, 11) is 3.18. The molecule has 4 aromatic rings. The van der Waals surface area contributed by atoms with Crippen molar-refractivity contribution in [3.63, 3.8) is 0 Å². The van der Waals surface area contributed by atoms with Gasteiger partial charge in [-0.05, 0) is 75.1 Å². The second-order valence-corrected chi connectivity index (χ2v) is 14.1. The molecule has 0 radical (unpaired) electrons. The van der Waals surface area contributed by atoms with Crippen LogP contribution in [0.4, 0.5) is 17.1 Å². The van der Waals surface area contributed by atoms with Crippen LogP contribution in [0.15, 0.2) is 65.8 Å². The van der Waals surface area contributed by atoms with Gasteiger partial charge in [-0.1, -0.05) is 18.2 Å². The lowest BCUT2D eigenvalue weighted by Crippen LogP contribution is -2.40. The van der Waals surface area contributed by atoms with Gasteiger partial charge in [-0.3, -0.25) is 19.6 Å². The second-order valence-electron chi connectivity index (χ2n) is 14.1. The Kier molecular flexibility index (Phi) is 8.65. The number of unbranched alkanes of at least 4 members (excludes halogenated alkanes) is 2. The van der Waals surface area contributed by atoms with Gasteiger partial charge in [-0.25, -0.2) is 0 Å². The minimum absolute atomic E-state index is 0.0184. The fraction of sp³-hybridized carbons (Fsp3) is 0.400. The summed E-state index contributed by atoms with van der Waals surface area (Å²) >= 11 is 0. The molecule has 51 heavy (non-hydrogen) atoms. The summed E-state index contributed by atoms with van der Waals surface area (Å²) in [5.41, 5.74) is 4.41. The number of hydrogen-bond donors (Lipinski definition) is 1. The highest BCUT2D eigenvalue weighted by atomic mass is 16.5. The summed E-state index contributed by atoms with van der Waals surface area (Å²) in [4.78, 5) is 40.5. The van der Waals surface area contributed by atoms with Crippen molar-refractivity contribution < 1.29 is 28.5 Å². The van der Waals surface area contributed by atoms with E-state index < -0.39 is 0 Å².